The van der Waals surface area contributed by atoms with Crippen LogP contribution in [-0.2, 0) is 19.1 Å². The lowest BCUT2D eigenvalue weighted by Crippen LogP contribution is -2.45. The fourth-order valence-electron chi connectivity index (χ4n) is 4.38. The van der Waals surface area contributed by atoms with E-state index in [4.69, 9.17) is 4.74 Å². The quantitative estimate of drug-likeness (QED) is 0.432. The third-order valence-corrected chi connectivity index (χ3v) is 6.28. The van der Waals surface area contributed by atoms with Crippen LogP contribution in [0.4, 0.5) is 11.4 Å². The highest BCUT2D eigenvalue weighted by molar-refractivity contribution is 5.95. The molecule has 0 radical (unpaired) electrons. The average Bonchev–Trinajstić information content (AvgIpc) is 3.10. The summed E-state index contributed by atoms with van der Waals surface area (Å²) < 4.78 is 5.09. The predicted octanol–water partition coefficient (Wildman–Crippen LogP) is 2.75. The van der Waals surface area contributed by atoms with Crippen molar-refractivity contribution in [3.8, 4) is 0 Å². The summed E-state index contributed by atoms with van der Waals surface area (Å²) in [4.78, 5) is 49.2. The van der Waals surface area contributed by atoms with Gasteiger partial charge in [-0.2, -0.15) is 0 Å². The number of carbonyl (C=O) groups is 3. The lowest BCUT2D eigenvalue weighted by Gasteiger charge is -2.39. The Morgan fingerprint density at radius 3 is 2.73 bits per heavy atom. The molecule has 9 heteroatoms. The van der Waals surface area contributed by atoms with Gasteiger partial charge in [-0.05, 0) is 24.3 Å². The molecule has 1 N–H and O–H groups in total. The van der Waals surface area contributed by atoms with Crippen LogP contribution in [0.3, 0.4) is 0 Å². The van der Waals surface area contributed by atoms with Crippen LogP contribution < -0.4 is 5.32 Å². The van der Waals surface area contributed by atoms with Gasteiger partial charge < -0.3 is 15.0 Å². The number of carbonyl (C=O) groups excluding carboxylic acids is 3. The van der Waals surface area contributed by atoms with E-state index in [1.165, 1.54) is 18.2 Å². The summed E-state index contributed by atoms with van der Waals surface area (Å²) in [6.07, 6.45) is 3.25. The first-order valence-electron chi connectivity index (χ1n) is 10.3. The smallest absolute Gasteiger partial charge is 0.311 e. The number of nitrogens with one attached hydrogen (secondary N) is 1. The standard InChI is InChI=1S/C21H27N3O6/c1-13-6-5-9-17(14(13)2)23-11-15(10-20(23)26)21(27)30-12-19(25)22-16-7-3-4-8-18(16)24(28)29/h3-4,7-8,13-15,17H,5-6,9-12H2,1-2H3,(H,22,25)/t13-,14+,15+,17-/m0/s1. The summed E-state index contributed by atoms with van der Waals surface area (Å²) >= 11 is 0. The van der Waals surface area contributed by atoms with Gasteiger partial charge in [0.1, 0.15) is 5.69 Å². The number of esters is 1. The molecule has 1 heterocycles. The van der Waals surface area contributed by atoms with Gasteiger partial charge in [0.25, 0.3) is 11.6 Å². The Kier molecular flexibility index (Phi) is 6.69. The maximum absolute atomic E-state index is 12.5. The fourth-order valence-corrected chi connectivity index (χ4v) is 4.38. The van der Waals surface area contributed by atoms with E-state index in [1.807, 2.05) is 0 Å². The van der Waals surface area contributed by atoms with Gasteiger partial charge in [-0.3, -0.25) is 24.5 Å². The molecule has 1 saturated carbocycles. The van der Waals surface area contributed by atoms with Gasteiger partial charge in [0.05, 0.1) is 10.8 Å². The Bertz CT molecular complexity index is 842. The van der Waals surface area contributed by atoms with Crippen molar-refractivity contribution in [2.24, 2.45) is 17.8 Å². The first-order valence-corrected chi connectivity index (χ1v) is 10.3. The van der Waals surface area contributed by atoms with E-state index in [1.54, 1.807) is 11.0 Å². The average molecular weight is 417 g/mol. The Labute approximate surface area is 174 Å². The van der Waals surface area contributed by atoms with E-state index in [-0.39, 0.29) is 29.7 Å². The normalized spacial score (nSPS) is 26.3. The lowest BCUT2D eigenvalue weighted by atomic mass is 9.77. The van der Waals surface area contributed by atoms with Crippen molar-refractivity contribution in [3.05, 3.63) is 34.4 Å². The van der Waals surface area contributed by atoms with E-state index in [0.717, 1.165) is 19.3 Å². The summed E-state index contributed by atoms with van der Waals surface area (Å²) in [5.74, 6) is -1.00. The molecule has 30 heavy (non-hydrogen) atoms. The van der Waals surface area contributed by atoms with Gasteiger partial charge in [-0.1, -0.05) is 38.8 Å². The molecule has 2 amide bonds. The molecule has 0 bridgehead atoms. The van der Waals surface area contributed by atoms with Crippen molar-refractivity contribution in [2.45, 2.75) is 45.6 Å². The van der Waals surface area contributed by atoms with Gasteiger partial charge in [0, 0.05) is 25.1 Å². The Morgan fingerprint density at radius 2 is 2.00 bits per heavy atom. The number of ether oxygens (including phenoxy) is 1. The molecule has 4 atom stereocenters. The van der Waals surface area contributed by atoms with Crippen LogP contribution in [-0.4, -0.2) is 46.8 Å². The SMILES string of the molecule is C[C@@H]1[C@@H](C)CCC[C@@H]1N1C[C@H](C(=O)OCC(=O)Nc2ccccc2[N+](=O)[O-])CC1=O. The first kappa shape index (κ1) is 21.7. The zero-order valence-corrected chi connectivity index (χ0v) is 17.2. The van der Waals surface area contributed by atoms with E-state index in [0.29, 0.717) is 18.4 Å². The van der Waals surface area contributed by atoms with Crippen molar-refractivity contribution in [1.29, 1.82) is 0 Å². The molecule has 1 saturated heterocycles. The second-order valence-electron chi connectivity index (χ2n) is 8.21. The lowest BCUT2D eigenvalue weighted by molar-refractivity contribution is -0.383. The van der Waals surface area contributed by atoms with Crippen molar-refractivity contribution in [2.75, 3.05) is 18.5 Å². The van der Waals surface area contributed by atoms with Gasteiger partial charge in [-0.25, -0.2) is 0 Å². The van der Waals surface area contributed by atoms with Crippen LogP contribution in [0, 0.1) is 27.9 Å². The van der Waals surface area contributed by atoms with Crippen LogP contribution in [0.1, 0.15) is 39.5 Å². The molecular formula is C21H27N3O6. The highest BCUT2D eigenvalue weighted by Crippen LogP contribution is 2.36. The zero-order chi connectivity index (χ0) is 21.8. The molecule has 1 aromatic carbocycles. The van der Waals surface area contributed by atoms with Crippen LogP contribution in [0.25, 0.3) is 0 Å². The van der Waals surface area contributed by atoms with Crippen molar-refractivity contribution in [1.82, 2.24) is 4.90 Å². The minimum atomic E-state index is -0.673. The summed E-state index contributed by atoms with van der Waals surface area (Å²) in [5.41, 5.74) is -0.212. The van der Waals surface area contributed by atoms with Crippen LogP contribution in [0.15, 0.2) is 24.3 Å². The maximum Gasteiger partial charge on any atom is 0.311 e. The number of benzene rings is 1. The number of nitrogens with zero attached hydrogens (tertiary/aromatic N) is 2. The number of anilines is 1. The molecule has 162 valence electrons. The van der Waals surface area contributed by atoms with E-state index >= 15 is 0 Å². The molecule has 2 fully saturated rings. The highest BCUT2D eigenvalue weighted by Gasteiger charge is 2.42. The number of nitro groups is 1. The first-order chi connectivity index (χ1) is 14.3. The summed E-state index contributed by atoms with van der Waals surface area (Å²) in [6.45, 7) is 4.09. The molecule has 9 nitrogen and oxygen atoms in total. The largest absolute Gasteiger partial charge is 0.455 e. The van der Waals surface area contributed by atoms with Gasteiger partial charge in [0.2, 0.25) is 5.91 Å². The third kappa shape index (κ3) is 4.77. The summed E-state index contributed by atoms with van der Waals surface area (Å²) in [5, 5.41) is 13.4. The molecule has 1 aliphatic heterocycles. The van der Waals surface area contributed by atoms with Gasteiger partial charge in [0.15, 0.2) is 6.61 Å². The molecule has 2 aliphatic rings. The minimum Gasteiger partial charge on any atom is -0.455 e. The monoisotopic (exact) mass is 417 g/mol. The molecule has 0 spiro atoms. The number of nitro benzene ring substituents is 1. The number of rotatable bonds is 6. The molecule has 0 aromatic heterocycles. The number of hydrogen-bond acceptors (Lipinski definition) is 6. The third-order valence-electron chi connectivity index (χ3n) is 6.28. The summed E-state index contributed by atoms with van der Waals surface area (Å²) in [7, 11) is 0. The van der Waals surface area contributed by atoms with Gasteiger partial charge in [-0.15, -0.1) is 0 Å². The number of para-hydroxylation sites is 2. The second-order valence-corrected chi connectivity index (χ2v) is 8.21. The maximum atomic E-state index is 12.5. The van der Waals surface area contributed by atoms with Crippen LogP contribution in [0.2, 0.25) is 0 Å². The van der Waals surface area contributed by atoms with E-state index in [2.05, 4.69) is 19.2 Å². The second kappa shape index (κ2) is 9.23. The van der Waals surface area contributed by atoms with Crippen LogP contribution in [0.5, 0.6) is 0 Å². The number of likely N-dealkylation sites (tertiary alicyclic amines) is 1. The molecule has 0 unspecified atom stereocenters. The Balaban J connectivity index is 1.52. The Morgan fingerprint density at radius 1 is 1.27 bits per heavy atom. The van der Waals surface area contributed by atoms with E-state index in [9.17, 15) is 24.5 Å². The molecule has 1 aliphatic carbocycles. The molecular weight excluding hydrogens is 390 g/mol. The number of hydrogen-bond donors (Lipinski definition) is 1. The highest BCUT2D eigenvalue weighted by atomic mass is 16.6. The molecule has 3 rings (SSSR count). The van der Waals surface area contributed by atoms with Gasteiger partial charge >= 0.3 is 5.97 Å². The van der Waals surface area contributed by atoms with Crippen molar-refractivity contribution < 1.29 is 24.0 Å². The van der Waals surface area contributed by atoms with E-state index < -0.39 is 29.3 Å². The predicted molar refractivity (Wildman–Crippen MR) is 108 cm³/mol. The summed E-state index contributed by atoms with van der Waals surface area (Å²) in [6, 6.07) is 5.86. The van der Waals surface area contributed by atoms with Crippen molar-refractivity contribution >= 4 is 29.2 Å². The number of amides is 2. The zero-order valence-electron chi connectivity index (χ0n) is 17.2. The minimum absolute atomic E-state index is 0.0335. The molecule has 1 aromatic rings. The fraction of sp³-hybridized carbons (Fsp3) is 0.571. The van der Waals surface area contributed by atoms with Crippen molar-refractivity contribution in [3.63, 3.8) is 0 Å². The Hall–Kier alpha value is -2.97. The van der Waals surface area contributed by atoms with Crippen LogP contribution >= 0.6 is 0 Å². The topological polar surface area (TPSA) is 119 Å².